The van der Waals surface area contributed by atoms with E-state index in [2.05, 4.69) is 17.6 Å². The van der Waals surface area contributed by atoms with Crippen LogP contribution >= 0.6 is 0 Å². The second kappa shape index (κ2) is 13.7. The Balaban J connectivity index is 2.65. The van der Waals surface area contributed by atoms with Crippen LogP contribution in [0.25, 0.3) is 0 Å². The van der Waals surface area contributed by atoms with Crippen LogP contribution in [-0.4, -0.2) is 29.9 Å². The van der Waals surface area contributed by atoms with E-state index >= 15 is 0 Å². The second-order valence-electron chi connectivity index (χ2n) is 7.17. The molecule has 0 saturated heterocycles. The summed E-state index contributed by atoms with van der Waals surface area (Å²) in [5.74, 6) is -2.35. The highest BCUT2D eigenvalue weighted by Crippen LogP contribution is 2.19. The first kappa shape index (κ1) is 23.7. The summed E-state index contributed by atoms with van der Waals surface area (Å²) in [4.78, 5) is 36.2. The molecule has 2 atom stereocenters. The molecule has 0 radical (unpaired) electrons. The van der Waals surface area contributed by atoms with Crippen LogP contribution in [0.5, 0.6) is 0 Å². The molecule has 6 nitrogen and oxygen atoms in total. The van der Waals surface area contributed by atoms with Crippen molar-refractivity contribution < 1.29 is 19.5 Å². The zero-order valence-corrected chi connectivity index (χ0v) is 17.1. The zero-order valence-electron chi connectivity index (χ0n) is 17.1. The van der Waals surface area contributed by atoms with Gasteiger partial charge in [0.2, 0.25) is 11.8 Å². The van der Waals surface area contributed by atoms with Crippen LogP contribution in [0, 0.1) is 5.92 Å². The summed E-state index contributed by atoms with van der Waals surface area (Å²) in [7, 11) is 1.51. The lowest BCUT2D eigenvalue weighted by Gasteiger charge is -2.21. The molecule has 0 fully saturated rings. The summed E-state index contributed by atoms with van der Waals surface area (Å²) in [5.41, 5.74) is 0.667. The summed E-state index contributed by atoms with van der Waals surface area (Å²) in [6.07, 6.45) is 8.04. The number of carbonyl (C=O) groups excluding carboxylic acids is 2. The molecule has 2 amide bonds. The van der Waals surface area contributed by atoms with Crippen molar-refractivity contribution in [1.82, 2.24) is 10.6 Å². The topological polar surface area (TPSA) is 95.5 Å². The van der Waals surface area contributed by atoms with E-state index in [1.165, 1.54) is 32.7 Å². The number of nitrogens with one attached hydrogen (secondary N) is 2. The van der Waals surface area contributed by atoms with Crippen LogP contribution in [0.1, 0.15) is 76.3 Å². The minimum Gasteiger partial charge on any atom is -0.481 e. The maximum atomic E-state index is 12.7. The molecular weight excluding hydrogens is 356 g/mol. The summed E-state index contributed by atoms with van der Waals surface area (Å²) in [6, 6.07) is 8.13. The summed E-state index contributed by atoms with van der Waals surface area (Å²) < 4.78 is 0. The SMILES string of the molecule is CCCCCCCCC[C@@H](CC(=O)O)C(=O)N[C@@H](C(=O)NC)c1ccccc1. The molecule has 1 aromatic rings. The van der Waals surface area contributed by atoms with Crippen LogP contribution in [0.3, 0.4) is 0 Å². The fourth-order valence-corrected chi connectivity index (χ4v) is 3.23. The highest BCUT2D eigenvalue weighted by atomic mass is 16.4. The van der Waals surface area contributed by atoms with E-state index in [0.29, 0.717) is 12.0 Å². The van der Waals surface area contributed by atoms with Crippen LogP contribution in [0.15, 0.2) is 30.3 Å². The molecular formula is C22H34N2O4. The number of unbranched alkanes of at least 4 members (excludes halogenated alkanes) is 6. The normalized spacial score (nSPS) is 12.8. The zero-order chi connectivity index (χ0) is 20.8. The summed E-state index contributed by atoms with van der Waals surface area (Å²) in [5, 5.41) is 14.5. The van der Waals surface area contributed by atoms with Gasteiger partial charge in [-0.2, -0.15) is 0 Å². The number of hydrogen-bond donors (Lipinski definition) is 3. The molecule has 3 N–H and O–H groups in total. The van der Waals surface area contributed by atoms with Gasteiger partial charge in [0.1, 0.15) is 6.04 Å². The van der Waals surface area contributed by atoms with Crippen LogP contribution in [0.2, 0.25) is 0 Å². The van der Waals surface area contributed by atoms with Gasteiger partial charge in [0.25, 0.3) is 0 Å². The van der Waals surface area contributed by atoms with Crippen molar-refractivity contribution in [2.75, 3.05) is 7.05 Å². The summed E-state index contributed by atoms with van der Waals surface area (Å²) in [6.45, 7) is 2.18. The molecule has 0 aliphatic rings. The van der Waals surface area contributed by atoms with Crippen molar-refractivity contribution in [1.29, 1.82) is 0 Å². The van der Waals surface area contributed by atoms with Gasteiger partial charge in [-0.1, -0.05) is 82.2 Å². The lowest BCUT2D eigenvalue weighted by molar-refractivity contribution is -0.141. The highest BCUT2D eigenvalue weighted by Gasteiger charge is 2.27. The van der Waals surface area contributed by atoms with E-state index in [-0.39, 0.29) is 18.2 Å². The molecule has 1 rings (SSSR count). The number of hydrogen-bond acceptors (Lipinski definition) is 3. The van der Waals surface area contributed by atoms with Gasteiger partial charge in [-0.25, -0.2) is 0 Å². The number of aliphatic carboxylic acids is 1. The standard InChI is InChI=1S/C22H34N2O4/c1-3-4-5-6-7-8-10-15-18(16-19(25)26)21(27)24-20(22(28)23-2)17-13-11-9-12-14-17/h9,11-14,18,20H,3-8,10,15-16H2,1-2H3,(H,23,28)(H,24,27)(H,25,26)/t18-,20+/m0/s1. The molecule has 0 aliphatic heterocycles. The third-order valence-corrected chi connectivity index (χ3v) is 4.88. The largest absolute Gasteiger partial charge is 0.481 e. The molecule has 1 aromatic carbocycles. The predicted molar refractivity (Wildman–Crippen MR) is 110 cm³/mol. The van der Waals surface area contributed by atoms with Gasteiger partial charge in [0.15, 0.2) is 0 Å². The molecule has 0 aromatic heterocycles. The number of carboxylic acid groups (broad SMARTS) is 1. The van der Waals surface area contributed by atoms with E-state index in [1.807, 2.05) is 6.07 Å². The van der Waals surface area contributed by atoms with Crippen molar-refractivity contribution >= 4 is 17.8 Å². The lowest BCUT2D eigenvalue weighted by atomic mass is 9.95. The van der Waals surface area contributed by atoms with Gasteiger partial charge in [-0.15, -0.1) is 0 Å². The minimum absolute atomic E-state index is 0.225. The maximum Gasteiger partial charge on any atom is 0.304 e. The minimum atomic E-state index is -1.00. The molecule has 0 saturated carbocycles. The van der Waals surface area contributed by atoms with Gasteiger partial charge in [0.05, 0.1) is 6.42 Å². The van der Waals surface area contributed by atoms with Crippen molar-refractivity contribution in [2.24, 2.45) is 5.92 Å². The Morgan fingerprint density at radius 2 is 1.54 bits per heavy atom. The first-order chi connectivity index (χ1) is 13.5. The van der Waals surface area contributed by atoms with Gasteiger partial charge < -0.3 is 15.7 Å². The van der Waals surface area contributed by atoms with Crippen LogP contribution < -0.4 is 10.6 Å². The Hall–Kier alpha value is -2.37. The van der Waals surface area contributed by atoms with Crippen molar-refractivity contribution in [3.05, 3.63) is 35.9 Å². The Morgan fingerprint density at radius 3 is 2.11 bits per heavy atom. The molecule has 0 spiro atoms. The number of likely N-dealkylation sites (N-methyl/N-ethyl adjacent to an activating group) is 1. The first-order valence-corrected chi connectivity index (χ1v) is 10.3. The van der Waals surface area contributed by atoms with E-state index < -0.39 is 17.9 Å². The van der Waals surface area contributed by atoms with E-state index in [9.17, 15) is 19.5 Å². The third-order valence-electron chi connectivity index (χ3n) is 4.88. The predicted octanol–water partition coefficient (Wildman–Crippen LogP) is 3.82. The average Bonchev–Trinajstić information content (AvgIpc) is 2.70. The van der Waals surface area contributed by atoms with Crippen LogP contribution in [-0.2, 0) is 14.4 Å². The molecule has 0 unspecified atom stereocenters. The third kappa shape index (κ3) is 9.02. The Kier molecular flexibility index (Phi) is 11.6. The Morgan fingerprint density at radius 1 is 0.929 bits per heavy atom. The number of benzene rings is 1. The Labute approximate surface area is 168 Å². The van der Waals surface area contributed by atoms with Gasteiger partial charge in [0, 0.05) is 13.0 Å². The van der Waals surface area contributed by atoms with Gasteiger partial charge >= 0.3 is 5.97 Å². The van der Waals surface area contributed by atoms with Crippen molar-refractivity contribution in [3.8, 4) is 0 Å². The number of carbonyl (C=O) groups is 3. The van der Waals surface area contributed by atoms with Crippen molar-refractivity contribution in [2.45, 2.75) is 70.8 Å². The molecule has 0 bridgehead atoms. The molecule has 6 heteroatoms. The Bertz CT molecular complexity index is 604. The fraction of sp³-hybridized carbons (Fsp3) is 0.591. The second-order valence-corrected chi connectivity index (χ2v) is 7.17. The molecule has 0 aliphatic carbocycles. The quantitative estimate of drug-likeness (QED) is 0.421. The number of amides is 2. The van der Waals surface area contributed by atoms with Crippen molar-refractivity contribution in [3.63, 3.8) is 0 Å². The number of carboxylic acids is 1. The number of rotatable bonds is 14. The average molecular weight is 391 g/mol. The maximum absolute atomic E-state index is 12.7. The van der Waals surface area contributed by atoms with E-state index in [4.69, 9.17) is 0 Å². The van der Waals surface area contributed by atoms with E-state index in [1.54, 1.807) is 24.3 Å². The lowest BCUT2D eigenvalue weighted by Crippen LogP contribution is -2.42. The summed E-state index contributed by atoms with van der Waals surface area (Å²) >= 11 is 0. The molecule has 28 heavy (non-hydrogen) atoms. The smallest absolute Gasteiger partial charge is 0.304 e. The van der Waals surface area contributed by atoms with Gasteiger partial charge in [-0.3, -0.25) is 14.4 Å². The monoisotopic (exact) mass is 390 g/mol. The van der Waals surface area contributed by atoms with E-state index in [0.717, 1.165) is 19.3 Å². The molecule has 0 heterocycles. The first-order valence-electron chi connectivity index (χ1n) is 10.3. The fourth-order valence-electron chi connectivity index (χ4n) is 3.23. The molecule has 156 valence electrons. The van der Waals surface area contributed by atoms with Crippen LogP contribution in [0.4, 0.5) is 0 Å². The highest BCUT2D eigenvalue weighted by molar-refractivity contribution is 5.90. The van der Waals surface area contributed by atoms with Gasteiger partial charge in [-0.05, 0) is 12.0 Å².